The summed E-state index contributed by atoms with van der Waals surface area (Å²) in [6.07, 6.45) is 6.65. The van der Waals surface area contributed by atoms with Crippen LogP contribution in [-0.2, 0) is 0 Å². The van der Waals surface area contributed by atoms with Crippen LogP contribution >= 0.6 is 0 Å². The predicted molar refractivity (Wildman–Crippen MR) is 108 cm³/mol. The summed E-state index contributed by atoms with van der Waals surface area (Å²) in [4.78, 5) is 8.63. The molecule has 1 aliphatic heterocycles. The molecule has 1 N–H and O–H groups in total. The fourth-order valence-electron chi connectivity index (χ4n) is 3.69. The summed E-state index contributed by atoms with van der Waals surface area (Å²) < 4.78 is 13.2. The standard InChI is InChI=1S/C21H22N6O2/c1-2-20(29-10-1)18-13-21(24-14-23-18)27-19-12-16(3-4-17(19)25-26-27)28-11-7-15-5-8-22-9-6-15/h1-4,10,12-15,22H,5-9,11H2. The number of piperidine rings is 1. The third-order valence-corrected chi connectivity index (χ3v) is 5.31. The van der Waals surface area contributed by atoms with E-state index in [1.165, 1.54) is 19.2 Å². The lowest BCUT2D eigenvalue weighted by Gasteiger charge is -2.22. The summed E-state index contributed by atoms with van der Waals surface area (Å²) in [7, 11) is 0. The average molecular weight is 390 g/mol. The maximum Gasteiger partial charge on any atom is 0.159 e. The van der Waals surface area contributed by atoms with Crippen LogP contribution in [0.1, 0.15) is 19.3 Å². The molecule has 148 valence electrons. The summed E-state index contributed by atoms with van der Waals surface area (Å²) in [5, 5.41) is 11.9. The molecule has 0 bridgehead atoms. The van der Waals surface area contributed by atoms with Crippen molar-refractivity contribution in [3.63, 3.8) is 0 Å². The molecule has 0 atom stereocenters. The topological polar surface area (TPSA) is 90.9 Å². The van der Waals surface area contributed by atoms with Crippen molar-refractivity contribution in [1.82, 2.24) is 30.3 Å². The number of benzene rings is 1. The maximum absolute atomic E-state index is 6.02. The highest BCUT2D eigenvalue weighted by molar-refractivity contribution is 5.77. The Balaban J connectivity index is 1.36. The van der Waals surface area contributed by atoms with E-state index in [0.29, 0.717) is 23.9 Å². The van der Waals surface area contributed by atoms with Crippen molar-refractivity contribution in [2.45, 2.75) is 19.3 Å². The fourth-order valence-corrected chi connectivity index (χ4v) is 3.69. The molecule has 0 unspecified atom stereocenters. The third-order valence-electron chi connectivity index (χ3n) is 5.31. The second-order valence-corrected chi connectivity index (χ2v) is 7.22. The average Bonchev–Trinajstić information content (AvgIpc) is 3.45. The Bertz CT molecular complexity index is 1090. The number of hydrogen-bond donors (Lipinski definition) is 1. The van der Waals surface area contributed by atoms with Gasteiger partial charge in [-0.3, -0.25) is 0 Å². The minimum Gasteiger partial charge on any atom is -0.494 e. The SMILES string of the molecule is c1coc(-c2cc(-n3nnc4ccc(OCCC5CCNCC5)cc43)ncn2)c1. The Morgan fingerprint density at radius 3 is 2.93 bits per heavy atom. The van der Waals surface area contributed by atoms with Crippen molar-refractivity contribution in [1.29, 1.82) is 0 Å². The second-order valence-electron chi connectivity index (χ2n) is 7.22. The van der Waals surface area contributed by atoms with E-state index in [1.54, 1.807) is 10.9 Å². The number of ether oxygens (including phenoxy) is 1. The summed E-state index contributed by atoms with van der Waals surface area (Å²) >= 11 is 0. The molecule has 1 aromatic carbocycles. The van der Waals surface area contributed by atoms with E-state index in [2.05, 4.69) is 25.6 Å². The summed E-state index contributed by atoms with van der Waals surface area (Å²) in [6, 6.07) is 11.4. The number of rotatable bonds is 6. The smallest absolute Gasteiger partial charge is 0.159 e. The van der Waals surface area contributed by atoms with Crippen molar-refractivity contribution in [2.24, 2.45) is 5.92 Å². The molecule has 0 amide bonds. The van der Waals surface area contributed by atoms with E-state index in [1.807, 2.05) is 36.4 Å². The Morgan fingerprint density at radius 2 is 2.07 bits per heavy atom. The van der Waals surface area contributed by atoms with Crippen LogP contribution in [0, 0.1) is 5.92 Å². The van der Waals surface area contributed by atoms with Crippen LogP contribution in [0.4, 0.5) is 0 Å². The zero-order valence-electron chi connectivity index (χ0n) is 16.0. The highest BCUT2D eigenvalue weighted by Crippen LogP contribution is 2.24. The van der Waals surface area contributed by atoms with Gasteiger partial charge < -0.3 is 14.5 Å². The molecule has 1 aliphatic rings. The molecule has 4 heterocycles. The lowest BCUT2D eigenvalue weighted by atomic mass is 9.95. The Kier molecular flexibility index (Phi) is 4.92. The van der Waals surface area contributed by atoms with Crippen LogP contribution in [0.15, 0.2) is 53.4 Å². The highest BCUT2D eigenvalue weighted by atomic mass is 16.5. The quantitative estimate of drug-likeness (QED) is 0.540. The Hall–Kier alpha value is -3.26. The molecule has 8 heteroatoms. The summed E-state index contributed by atoms with van der Waals surface area (Å²) in [6.45, 7) is 2.94. The molecule has 4 aromatic rings. The number of hydrogen-bond acceptors (Lipinski definition) is 7. The zero-order valence-corrected chi connectivity index (χ0v) is 16.0. The van der Waals surface area contributed by atoms with Gasteiger partial charge in [0.2, 0.25) is 0 Å². The highest BCUT2D eigenvalue weighted by Gasteiger charge is 2.14. The number of nitrogens with zero attached hydrogens (tertiary/aromatic N) is 5. The van der Waals surface area contributed by atoms with Crippen LogP contribution in [0.3, 0.4) is 0 Å². The van der Waals surface area contributed by atoms with Crippen LogP contribution in [0.2, 0.25) is 0 Å². The van der Waals surface area contributed by atoms with Gasteiger partial charge in [0.25, 0.3) is 0 Å². The predicted octanol–water partition coefficient (Wildman–Crippen LogP) is 3.24. The molecule has 29 heavy (non-hydrogen) atoms. The van der Waals surface area contributed by atoms with Gasteiger partial charge in [-0.25, -0.2) is 9.97 Å². The number of nitrogens with one attached hydrogen (secondary N) is 1. The van der Waals surface area contributed by atoms with Crippen molar-refractivity contribution in [2.75, 3.05) is 19.7 Å². The molecule has 1 saturated heterocycles. The first-order chi connectivity index (χ1) is 14.4. The van der Waals surface area contributed by atoms with Crippen LogP contribution in [-0.4, -0.2) is 44.7 Å². The van der Waals surface area contributed by atoms with E-state index < -0.39 is 0 Å². The van der Waals surface area contributed by atoms with Gasteiger partial charge in [-0.1, -0.05) is 5.21 Å². The Labute approximate surface area is 167 Å². The number of fused-ring (bicyclic) bond motifs is 1. The molecule has 0 aliphatic carbocycles. The van der Waals surface area contributed by atoms with Gasteiger partial charge in [0, 0.05) is 12.1 Å². The molecule has 8 nitrogen and oxygen atoms in total. The molecule has 3 aromatic heterocycles. The molecule has 5 rings (SSSR count). The van der Waals surface area contributed by atoms with Crippen LogP contribution < -0.4 is 10.1 Å². The summed E-state index contributed by atoms with van der Waals surface area (Å²) in [5.74, 6) is 2.87. The molecule has 0 radical (unpaired) electrons. The molecular weight excluding hydrogens is 368 g/mol. The largest absolute Gasteiger partial charge is 0.494 e. The van der Waals surface area contributed by atoms with Gasteiger partial charge in [-0.05, 0) is 62.5 Å². The van der Waals surface area contributed by atoms with Gasteiger partial charge in [-0.2, -0.15) is 4.68 Å². The van der Waals surface area contributed by atoms with Gasteiger partial charge >= 0.3 is 0 Å². The second kappa shape index (κ2) is 8.00. The molecule has 0 saturated carbocycles. The summed E-state index contributed by atoms with van der Waals surface area (Å²) in [5.41, 5.74) is 2.32. The lowest BCUT2D eigenvalue weighted by Crippen LogP contribution is -2.28. The van der Waals surface area contributed by atoms with Crippen molar-refractivity contribution in [3.8, 4) is 23.0 Å². The first kappa shape index (κ1) is 17.8. The fraction of sp³-hybridized carbons (Fsp3) is 0.333. The van der Waals surface area contributed by atoms with Crippen LogP contribution in [0.5, 0.6) is 5.75 Å². The zero-order chi connectivity index (χ0) is 19.5. The molecule has 1 fully saturated rings. The molecule has 0 spiro atoms. The third kappa shape index (κ3) is 3.84. The normalized spacial score (nSPS) is 15.0. The van der Waals surface area contributed by atoms with Crippen molar-refractivity contribution < 1.29 is 9.15 Å². The van der Waals surface area contributed by atoms with Gasteiger partial charge in [-0.15, -0.1) is 5.10 Å². The first-order valence-corrected chi connectivity index (χ1v) is 9.92. The van der Waals surface area contributed by atoms with Crippen LogP contribution in [0.25, 0.3) is 28.3 Å². The van der Waals surface area contributed by atoms with E-state index in [9.17, 15) is 0 Å². The van der Waals surface area contributed by atoms with Gasteiger partial charge in [0.15, 0.2) is 11.6 Å². The van der Waals surface area contributed by atoms with Crippen molar-refractivity contribution >= 4 is 11.0 Å². The Morgan fingerprint density at radius 1 is 1.14 bits per heavy atom. The molecular formula is C21H22N6O2. The minimum absolute atomic E-state index is 0.626. The minimum atomic E-state index is 0.626. The van der Waals surface area contributed by atoms with Gasteiger partial charge in [0.05, 0.1) is 12.9 Å². The van der Waals surface area contributed by atoms with E-state index in [-0.39, 0.29) is 0 Å². The number of furan rings is 1. The lowest BCUT2D eigenvalue weighted by molar-refractivity contribution is 0.252. The van der Waals surface area contributed by atoms with Gasteiger partial charge in [0.1, 0.15) is 28.8 Å². The van der Waals surface area contributed by atoms with E-state index >= 15 is 0 Å². The monoisotopic (exact) mass is 390 g/mol. The van der Waals surface area contributed by atoms with E-state index in [4.69, 9.17) is 9.15 Å². The maximum atomic E-state index is 6.02. The first-order valence-electron chi connectivity index (χ1n) is 9.92. The van der Waals surface area contributed by atoms with Crippen molar-refractivity contribution in [3.05, 3.63) is 49.0 Å². The number of aromatic nitrogens is 5. The van der Waals surface area contributed by atoms with E-state index in [0.717, 1.165) is 42.2 Å².